The lowest BCUT2D eigenvalue weighted by Crippen LogP contribution is -2.14. The van der Waals surface area contributed by atoms with Gasteiger partial charge >= 0.3 is 5.97 Å². The molecule has 6 heteroatoms. The Kier molecular flexibility index (Phi) is 3.48. The molecule has 0 radical (unpaired) electrons. The highest BCUT2D eigenvalue weighted by molar-refractivity contribution is 6.04. The van der Waals surface area contributed by atoms with Crippen LogP contribution in [0.15, 0.2) is 35.1 Å². The van der Waals surface area contributed by atoms with E-state index in [9.17, 15) is 4.79 Å². The number of nitriles is 1. The second-order valence-corrected chi connectivity index (χ2v) is 3.64. The molecule has 0 saturated carbocycles. The molecule has 0 bridgehead atoms. The quantitative estimate of drug-likeness (QED) is 0.768. The molecular formula is C13H11N3O3. The van der Waals surface area contributed by atoms with Crippen LogP contribution in [0.1, 0.15) is 11.1 Å². The van der Waals surface area contributed by atoms with Gasteiger partial charge in [0.1, 0.15) is 11.8 Å². The van der Waals surface area contributed by atoms with E-state index in [0.29, 0.717) is 22.7 Å². The monoisotopic (exact) mass is 257 g/mol. The van der Waals surface area contributed by atoms with E-state index >= 15 is 0 Å². The summed E-state index contributed by atoms with van der Waals surface area (Å²) in [5, 5.41) is 12.0. The maximum absolute atomic E-state index is 11.6. The van der Waals surface area contributed by atoms with Gasteiger partial charge in [0.2, 0.25) is 5.90 Å². The van der Waals surface area contributed by atoms with Crippen LogP contribution >= 0.6 is 0 Å². The van der Waals surface area contributed by atoms with Crippen LogP contribution in [0.25, 0.3) is 0 Å². The number of methoxy groups -OCH3 is 2. The van der Waals surface area contributed by atoms with E-state index in [1.807, 2.05) is 0 Å². The average molecular weight is 257 g/mol. The maximum atomic E-state index is 11.6. The topological polar surface area (TPSA) is 83.7 Å². The van der Waals surface area contributed by atoms with Gasteiger partial charge in [-0.2, -0.15) is 5.26 Å². The number of rotatable bonds is 1. The molecule has 0 spiro atoms. The molecule has 1 aliphatic rings. The van der Waals surface area contributed by atoms with Gasteiger partial charge in [-0.25, -0.2) is 9.79 Å². The van der Waals surface area contributed by atoms with Crippen molar-refractivity contribution in [1.82, 2.24) is 0 Å². The minimum Gasteiger partial charge on any atom is -0.481 e. The third-order valence-electron chi connectivity index (χ3n) is 2.58. The third-order valence-corrected chi connectivity index (χ3v) is 2.58. The van der Waals surface area contributed by atoms with E-state index in [2.05, 4.69) is 21.1 Å². The van der Waals surface area contributed by atoms with Crippen molar-refractivity contribution in [3.8, 4) is 6.07 Å². The molecule has 1 N–H and O–H groups in total. The van der Waals surface area contributed by atoms with Crippen molar-refractivity contribution in [2.45, 2.75) is 0 Å². The summed E-state index contributed by atoms with van der Waals surface area (Å²) in [5.41, 5.74) is 1.61. The zero-order chi connectivity index (χ0) is 13.8. The van der Waals surface area contributed by atoms with Crippen molar-refractivity contribution in [1.29, 1.82) is 5.26 Å². The number of benzene rings is 1. The molecule has 0 amide bonds. The van der Waals surface area contributed by atoms with Gasteiger partial charge in [-0.05, 0) is 12.1 Å². The maximum Gasteiger partial charge on any atom is 0.356 e. The fourth-order valence-corrected chi connectivity index (χ4v) is 1.69. The van der Waals surface area contributed by atoms with E-state index in [1.54, 1.807) is 18.2 Å². The first-order chi connectivity index (χ1) is 9.21. The Morgan fingerprint density at radius 3 is 2.84 bits per heavy atom. The van der Waals surface area contributed by atoms with Crippen LogP contribution < -0.4 is 5.32 Å². The van der Waals surface area contributed by atoms with Crippen LogP contribution in [0.3, 0.4) is 0 Å². The minimum atomic E-state index is -0.570. The average Bonchev–Trinajstić information content (AvgIpc) is 2.65. The van der Waals surface area contributed by atoms with Crippen LogP contribution in [-0.2, 0) is 14.3 Å². The van der Waals surface area contributed by atoms with Gasteiger partial charge in [0.15, 0.2) is 0 Å². The fraction of sp³-hybridized carbons (Fsp3) is 0.154. The van der Waals surface area contributed by atoms with Crippen LogP contribution in [0, 0.1) is 11.3 Å². The second-order valence-electron chi connectivity index (χ2n) is 3.64. The standard InChI is InChI=1S/C13H11N3O3/c1-18-12-9-5-3-4-8(6-14)11(9)16-10(7-15-12)13(17)19-2/h3-5,7,16H,1-2H3. The Morgan fingerprint density at radius 2 is 2.21 bits per heavy atom. The zero-order valence-electron chi connectivity index (χ0n) is 10.4. The summed E-state index contributed by atoms with van der Waals surface area (Å²) in [6.07, 6.45) is 1.31. The van der Waals surface area contributed by atoms with Crippen molar-refractivity contribution in [2.24, 2.45) is 4.99 Å². The molecular weight excluding hydrogens is 246 g/mol. The molecule has 0 unspecified atom stereocenters. The number of nitrogens with one attached hydrogen (secondary N) is 1. The van der Waals surface area contributed by atoms with Crippen LogP contribution in [0.2, 0.25) is 0 Å². The molecule has 0 fully saturated rings. The highest BCUT2D eigenvalue weighted by Gasteiger charge is 2.20. The Hall–Kier alpha value is -2.81. The van der Waals surface area contributed by atoms with Crippen molar-refractivity contribution in [2.75, 3.05) is 19.5 Å². The first-order valence-corrected chi connectivity index (χ1v) is 5.42. The number of carbonyl (C=O) groups excluding carboxylic acids is 1. The van der Waals surface area contributed by atoms with E-state index in [0.717, 1.165) is 0 Å². The molecule has 0 saturated heterocycles. The molecule has 1 aromatic rings. The Morgan fingerprint density at radius 1 is 1.42 bits per heavy atom. The first-order valence-electron chi connectivity index (χ1n) is 5.42. The third kappa shape index (κ3) is 2.26. The van der Waals surface area contributed by atoms with Crippen molar-refractivity contribution in [3.05, 3.63) is 41.2 Å². The molecule has 1 heterocycles. The molecule has 0 aliphatic carbocycles. The first kappa shape index (κ1) is 12.6. The molecule has 96 valence electrons. The Balaban J connectivity index is 2.60. The number of esters is 1. The number of aliphatic imine (C=N–C) groups is 1. The van der Waals surface area contributed by atoms with Gasteiger partial charge in [0, 0.05) is 0 Å². The number of hydrogen-bond acceptors (Lipinski definition) is 6. The van der Waals surface area contributed by atoms with Crippen LogP contribution in [0.4, 0.5) is 5.69 Å². The number of fused-ring (bicyclic) bond motifs is 1. The van der Waals surface area contributed by atoms with Gasteiger partial charge in [-0.1, -0.05) is 6.07 Å². The minimum absolute atomic E-state index is 0.137. The Bertz CT molecular complexity index is 627. The van der Waals surface area contributed by atoms with Gasteiger partial charge in [-0.15, -0.1) is 0 Å². The van der Waals surface area contributed by atoms with Gasteiger partial charge in [0.05, 0.1) is 37.2 Å². The zero-order valence-corrected chi connectivity index (χ0v) is 10.4. The summed E-state index contributed by atoms with van der Waals surface area (Å²) in [4.78, 5) is 15.6. The summed E-state index contributed by atoms with van der Waals surface area (Å²) < 4.78 is 9.80. The van der Waals surface area contributed by atoms with Crippen molar-refractivity contribution >= 4 is 17.6 Å². The SMILES string of the molecule is COC(=O)C1=CN=C(OC)c2cccc(C#N)c2N1. The predicted octanol–water partition coefficient (Wildman–Crippen LogP) is 1.39. The smallest absolute Gasteiger partial charge is 0.356 e. The summed E-state index contributed by atoms with van der Waals surface area (Å²) in [7, 11) is 2.74. The molecule has 2 rings (SSSR count). The number of ether oxygens (including phenoxy) is 2. The van der Waals surface area contributed by atoms with Gasteiger partial charge < -0.3 is 14.8 Å². The summed E-state index contributed by atoms with van der Waals surface area (Å²) in [5.74, 6) is -0.252. The van der Waals surface area contributed by atoms with Crippen LogP contribution in [0.5, 0.6) is 0 Å². The summed E-state index contributed by atoms with van der Waals surface area (Å²) in [6, 6.07) is 7.16. The van der Waals surface area contributed by atoms with Gasteiger partial charge in [0.25, 0.3) is 0 Å². The second kappa shape index (κ2) is 5.23. The number of para-hydroxylation sites is 1. The van der Waals surface area contributed by atoms with Crippen LogP contribution in [-0.4, -0.2) is 26.1 Å². The van der Waals surface area contributed by atoms with Crippen molar-refractivity contribution < 1.29 is 14.3 Å². The molecule has 6 nitrogen and oxygen atoms in total. The molecule has 0 atom stereocenters. The van der Waals surface area contributed by atoms with Gasteiger partial charge in [-0.3, -0.25) is 0 Å². The lowest BCUT2D eigenvalue weighted by atomic mass is 10.1. The van der Waals surface area contributed by atoms with Crippen molar-refractivity contribution in [3.63, 3.8) is 0 Å². The molecule has 19 heavy (non-hydrogen) atoms. The number of nitrogens with zero attached hydrogens (tertiary/aromatic N) is 2. The number of carbonyl (C=O) groups is 1. The predicted molar refractivity (Wildman–Crippen MR) is 68.4 cm³/mol. The summed E-state index contributed by atoms with van der Waals surface area (Å²) >= 11 is 0. The summed E-state index contributed by atoms with van der Waals surface area (Å²) in [6.45, 7) is 0. The van der Waals surface area contributed by atoms with E-state index in [-0.39, 0.29) is 5.70 Å². The van der Waals surface area contributed by atoms with E-state index < -0.39 is 5.97 Å². The number of anilines is 1. The lowest BCUT2D eigenvalue weighted by Gasteiger charge is -2.12. The fourth-order valence-electron chi connectivity index (χ4n) is 1.69. The molecule has 1 aliphatic heterocycles. The number of hydrogen-bond donors (Lipinski definition) is 1. The Labute approximate surface area is 110 Å². The highest BCUT2D eigenvalue weighted by Crippen LogP contribution is 2.26. The molecule has 1 aromatic carbocycles. The molecule has 0 aromatic heterocycles. The normalized spacial score (nSPS) is 12.9. The van der Waals surface area contributed by atoms with E-state index in [1.165, 1.54) is 20.4 Å². The lowest BCUT2D eigenvalue weighted by molar-refractivity contribution is -0.135. The largest absolute Gasteiger partial charge is 0.481 e. The highest BCUT2D eigenvalue weighted by atomic mass is 16.5. The van der Waals surface area contributed by atoms with E-state index in [4.69, 9.17) is 10.00 Å².